The number of benzene rings is 1. The summed E-state index contributed by atoms with van der Waals surface area (Å²) in [5.41, 5.74) is -0.472. The number of thiophene rings is 1. The van der Waals surface area contributed by atoms with Gasteiger partial charge in [-0.1, -0.05) is 0 Å². The summed E-state index contributed by atoms with van der Waals surface area (Å²) in [6.45, 7) is 0. The van der Waals surface area contributed by atoms with Crippen molar-refractivity contribution in [1.82, 2.24) is 0 Å². The zero-order valence-corrected chi connectivity index (χ0v) is 7.75. The Morgan fingerprint density at radius 1 is 1.36 bits per heavy atom. The SMILES string of the molecule is OB(O)c1c(F)cc2ccsc2c1O. The first-order valence-electron chi connectivity index (χ1n) is 3.86. The van der Waals surface area contributed by atoms with Crippen LogP contribution < -0.4 is 5.46 Å². The van der Waals surface area contributed by atoms with E-state index in [4.69, 9.17) is 10.0 Å². The Kier molecular flexibility index (Phi) is 2.18. The van der Waals surface area contributed by atoms with Gasteiger partial charge < -0.3 is 15.2 Å². The quantitative estimate of drug-likeness (QED) is 0.600. The first-order chi connectivity index (χ1) is 6.61. The lowest BCUT2D eigenvalue weighted by Gasteiger charge is -2.05. The van der Waals surface area contributed by atoms with Gasteiger partial charge in [-0.2, -0.15) is 0 Å². The second-order valence-corrected chi connectivity index (χ2v) is 3.75. The monoisotopic (exact) mass is 212 g/mol. The van der Waals surface area contributed by atoms with E-state index >= 15 is 0 Å². The van der Waals surface area contributed by atoms with Crippen molar-refractivity contribution >= 4 is 34.0 Å². The molecule has 72 valence electrons. The maximum absolute atomic E-state index is 13.2. The molecule has 0 aliphatic heterocycles. The highest BCUT2D eigenvalue weighted by molar-refractivity contribution is 7.17. The molecule has 0 spiro atoms. The van der Waals surface area contributed by atoms with Gasteiger partial charge >= 0.3 is 7.12 Å². The lowest BCUT2D eigenvalue weighted by molar-refractivity contribution is 0.416. The predicted octanol–water partition coefficient (Wildman–Crippen LogP) is 0.426. The zero-order chi connectivity index (χ0) is 10.3. The van der Waals surface area contributed by atoms with E-state index in [1.54, 1.807) is 11.4 Å². The first-order valence-corrected chi connectivity index (χ1v) is 4.74. The van der Waals surface area contributed by atoms with E-state index in [-0.39, 0.29) is 0 Å². The number of hydrogen-bond acceptors (Lipinski definition) is 4. The zero-order valence-electron chi connectivity index (χ0n) is 6.94. The molecular formula is C8H6BFO3S. The molecule has 2 aromatic rings. The van der Waals surface area contributed by atoms with E-state index in [9.17, 15) is 9.50 Å². The van der Waals surface area contributed by atoms with Gasteiger partial charge in [-0.05, 0) is 22.9 Å². The Labute approximate surface area is 83.2 Å². The largest absolute Gasteiger partial charge is 0.507 e. The summed E-state index contributed by atoms with van der Waals surface area (Å²) in [7, 11) is -2.00. The van der Waals surface area contributed by atoms with Crippen LogP contribution in [0.15, 0.2) is 17.5 Å². The summed E-state index contributed by atoms with van der Waals surface area (Å²) in [5.74, 6) is -1.21. The minimum absolute atomic E-state index is 0.398. The molecule has 0 saturated heterocycles. The molecule has 2 rings (SSSR count). The van der Waals surface area contributed by atoms with E-state index in [0.29, 0.717) is 10.1 Å². The smallest absolute Gasteiger partial charge is 0.495 e. The van der Waals surface area contributed by atoms with Crippen LogP contribution in [0.5, 0.6) is 5.75 Å². The van der Waals surface area contributed by atoms with Gasteiger partial charge in [0.05, 0.1) is 10.2 Å². The Bertz CT molecular complexity index is 483. The summed E-state index contributed by atoms with van der Waals surface area (Å²) in [4.78, 5) is 0. The third-order valence-corrected chi connectivity index (χ3v) is 2.90. The Morgan fingerprint density at radius 3 is 2.71 bits per heavy atom. The number of phenolic OH excluding ortho intramolecular Hbond substituents is 1. The standard InChI is InChI=1S/C8H6BFO3S/c10-5-3-4-1-2-14-8(4)7(11)6(5)9(12)13/h1-3,11-13H. The number of hydrogen-bond donors (Lipinski definition) is 3. The molecule has 1 aromatic heterocycles. The Balaban J connectivity index is 2.82. The van der Waals surface area contributed by atoms with Crippen molar-refractivity contribution < 1.29 is 19.5 Å². The molecule has 1 aromatic carbocycles. The summed E-state index contributed by atoms with van der Waals surface area (Å²) in [6, 6.07) is 2.82. The average molecular weight is 212 g/mol. The molecule has 0 aliphatic carbocycles. The second kappa shape index (κ2) is 3.23. The van der Waals surface area contributed by atoms with Crippen molar-refractivity contribution in [3.63, 3.8) is 0 Å². The minimum atomic E-state index is -2.00. The maximum Gasteiger partial charge on any atom is 0.495 e. The Hall–Kier alpha value is -1.11. The molecule has 0 radical (unpaired) electrons. The van der Waals surface area contributed by atoms with Crippen molar-refractivity contribution in [3.05, 3.63) is 23.3 Å². The van der Waals surface area contributed by atoms with E-state index in [0.717, 1.165) is 0 Å². The van der Waals surface area contributed by atoms with E-state index in [1.165, 1.54) is 17.4 Å². The molecule has 3 nitrogen and oxygen atoms in total. The molecule has 0 bridgehead atoms. The van der Waals surface area contributed by atoms with Gasteiger partial charge in [0.1, 0.15) is 11.6 Å². The van der Waals surface area contributed by atoms with Crippen molar-refractivity contribution in [1.29, 1.82) is 0 Å². The molecule has 0 fully saturated rings. The second-order valence-electron chi connectivity index (χ2n) is 2.83. The predicted molar refractivity (Wildman–Crippen MR) is 53.3 cm³/mol. The normalized spacial score (nSPS) is 10.8. The first kappa shape index (κ1) is 9.45. The summed E-state index contributed by atoms with van der Waals surface area (Å²) in [6.07, 6.45) is 0. The molecule has 0 atom stereocenters. The van der Waals surface area contributed by atoms with Crippen LogP contribution in [-0.4, -0.2) is 22.3 Å². The molecule has 6 heteroatoms. The Morgan fingerprint density at radius 2 is 2.07 bits per heavy atom. The van der Waals surface area contributed by atoms with Gasteiger partial charge in [0, 0.05) is 0 Å². The van der Waals surface area contributed by atoms with E-state index in [1.807, 2.05) is 0 Å². The number of rotatable bonds is 1. The van der Waals surface area contributed by atoms with Crippen LogP contribution in [0, 0.1) is 5.82 Å². The summed E-state index contributed by atoms with van der Waals surface area (Å²) < 4.78 is 13.7. The van der Waals surface area contributed by atoms with Gasteiger partial charge in [0.15, 0.2) is 0 Å². The number of aromatic hydroxyl groups is 1. The number of fused-ring (bicyclic) bond motifs is 1. The lowest BCUT2D eigenvalue weighted by Crippen LogP contribution is -2.32. The lowest BCUT2D eigenvalue weighted by atomic mass is 9.79. The van der Waals surface area contributed by atoms with Gasteiger partial charge in [-0.15, -0.1) is 11.3 Å². The molecule has 1 heterocycles. The number of halogens is 1. The maximum atomic E-state index is 13.2. The fourth-order valence-electron chi connectivity index (χ4n) is 1.32. The minimum Gasteiger partial charge on any atom is -0.507 e. The van der Waals surface area contributed by atoms with Crippen LogP contribution in [0.2, 0.25) is 0 Å². The van der Waals surface area contributed by atoms with Crippen LogP contribution in [0.25, 0.3) is 10.1 Å². The van der Waals surface area contributed by atoms with Crippen LogP contribution in [0.1, 0.15) is 0 Å². The fraction of sp³-hybridized carbons (Fsp3) is 0. The molecule has 0 unspecified atom stereocenters. The van der Waals surface area contributed by atoms with Gasteiger partial charge in [0.2, 0.25) is 0 Å². The van der Waals surface area contributed by atoms with Crippen molar-refractivity contribution in [2.24, 2.45) is 0 Å². The van der Waals surface area contributed by atoms with Crippen LogP contribution in [-0.2, 0) is 0 Å². The van der Waals surface area contributed by atoms with E-state index < -0.39 is 24.1 Å². The molecule has 0 amide bonds. The molecule has 0 saturated carbocycles. The highest BCUT2D eigenvalue weighted by atomic mass is 32.1. The summed E-state index contributed by atoms with van der Waals surface area (Å²) >= 11 is 1.22. The highest BCUT2D eigenvalue weighted by Crippen LogP contribution is 2.29. The third kappa shape index (κ3) is 1.28. The highest BCUT2D eigenvalue weighted by Gasteiger charge is 2.23. The van der Waals surface area contributed by atoms with Gasteiger partial charge in [-0.3, -0.25) is 0 Å². The van der Waals surface area contributed by atoms with E-state index in [2.05, 4.69) is 0 Å². The molecule has 3 N–H and O–H groups in total. The molecule has 14 heavy (non-hydrogen) atoms. The summed E-state index contributed by atoms with van der Waals surface area (Å²) in [5, 5.41) is 29.5. The molecular weight excluding hydrogens is 206 g/mol. The van der Waals surface area contributed by atoms with Crippen LogP contribution in [0.4, 0.5) is 4.39 Å². The van der Waals surface area contributed by atoms with Crippen molar-refractivity contribution in [2.75, 3.05) is 0 Å². The van der Waals surface area contributed by atoms with Gasteiger partial charge in [-0.25, -0.2) is 4.39 Å². The van der Waals surface area contributed by atoms with Crippen molar-refractivity contribution in [3.8, 4) is 5.75 Å². The number of phenols is 1. The van der Waals surface area contributed by atoms with Crippen LogP contribution >= 0.6 is 11.3 Å². The topological polar surface area (TPSA) is 60.7 Å². The molecule has 0 aliphatic rings. The van der Waals surface area contributed by atoms with Crippen LogP contribution in [0.3, 0.4) is 0 Å². The third-order valence-electron chi connectivity index (χ3n) is 1.96. The average Bonchev–Trinajstić information content (AvgIpc) is 2.50. The fourth-order valence-corrected chi connectivity index (χ4v) is 2.16. The van der Waals surface area contributed by atoms with Gasteiger partial charge in [0.25, 0.3) is 0 Å². The van der Waals surface area contributed by atoms with Crippen molar-refractivity contribution in [2.45, 2.75) is 0 Å².